The molecule has 0 aliphatic rings. The van der Waals surface area contributed by atoms with Gasteiger partial charge in [-0.15, -0.1) is 11.6 Å². The van der Waals surface area contributed by atoms with Crippen LogP contribution in [-0.4, -0.2) is 9.55 Å². The lowest BCUT2D eigenvalue weighted by molar-refractivity contribution is 0.446. The molecule has 0 radical (unpaired) electrons. The molecule has 1 unspecified atom stereocenters. The van der Waals surface area contributed by atoms with Crippen LogP contribution in [0.4, 0.5) is 4.39 Å². The van der Waals surface area contributed by atoms with E-state index < -0.39 is 0 Å². The van der Waals surface area contributed by atoms with E-state index in [1.54, 1.807) is 12.3 Å². The third-order valence-electron chi connectivity index (χ3n) is 3.19. The van der Waals surface area contributed by atoms with Crippen LogP contribution < -0.4 is 0 Å². The highest BCUT2D eigenvalue weighted by molar-refractivity contribution is 6.16. The summed E-state index contributed by atoms with van der Waals surface area (Å²) in [4.78, 5) is 4.43. The number of aromatic nitrogens is 2. The molecule has 0 bridgehead atoms. The second-order valence-corrected chi connectivity index (χ2v) is 4.62. The Bertz CT molecular complexity index is 706. The highest BCUT2D eigenvalue weighted by atomic mass is 35.5. The number of halogens is 2. The number of hydrogen-bond donors (Lipinski definition) is 0. The molecule has 0 fully saturated rings. The van der Waals surface area contributed by atoms with Gasteiger partial charge in [0, 0.05) is 0 Å². The first-order valence-corrected chi connectivity index (χ1v) is 6.50. The largest absolute Gasteiger partial charge is 0.467 e. The lowest BCUT2D eigenvalue weighted by atomic mass is 10.2. The van der Waals surface area contributed by atoms with Crippen molar-refractivity contribution in [2.24, 2.45) is 0 Å². The Morgan fingerprint density at radius 1 is 1.42 bits per heavy atom. The van der Waals surface area contributed by atoms with E-state index in [2.05, 4.69) is 4.98 Å². The zero-order valence-electron chi connectivity index (χ0n) is 10.3. The summed E-state index contributed by atoms with van der Waals surface area (Å²) in [5, 5.41) is 0. The van der Waals surface area contributed by atoms with Crippen molar-refractivity contribution in [3.05, 3.63) is 54.0 Å². The summed E-state index contributed by atoms with van der Waals surface area (Å²) in [6, 6.07) is 8.15. The molecule has 0 aliphatic heterocycles. The minimum absolute atomic E-state index is 0.0875. The minimum Gasteiger partial charge on any atom is -0.467 e. The van der Waals surface area contributed by atoms with E-state index >= 15 is 0 Å². The van der Waals surface area contributed by atoms with Crippen LogP contribution in [0.3, 0.4) is 0 Å². The van der Waals surface area contributed by atoms with E-state index in [1.807, 2.05) is 23.6 Å². The lowest BCUT2D eigenvalue weighted by Gasteiger charge is -2.14. The second-order valence-electron chi connectivity index (χ2n) is 4.36. The van der Waals surface area contributed by atoms with Crippen LogP contribution in [0.2, 0.25) is 0 Å². The van der Waals surface area contributed by atoms with E-state index in [-0.39, 0.29) is 17.7 Å². The predicted molar refractivity (Wildman–Crippen MR) is 71.8 cm³/mol. The summed E-state index contributed by atoms with van der Waals surface area (Å²) in [6.07, 6.45) is 1.62. The summed E-state index contributed by atoms with van der Waals surface area (Å²) >= 11 is 5.94. The zero-order chi connectivity index (χ0) is 13.4. The summed E-state index contributed by atoms with van der Waals surface area (Å²) in [5.41, 5.74) is 1.45. The van der Waals surface area contributed by atoms with Gasteiger partial charge in [0.25, 0.3) is 0 Å². The fourth-order valence-electron chi connectivity index (χ4n) is 2.30. The average Bonchev–Trinajstić information content (AvgIpc) is 3.04. The number of furan rings is 1. The topological polar surface area (TPSA) is 31.0 Å². The first-order valence-electron chi connectivity index (χ1n) is 5.96. The monoisotopic (exact) mass is 278 g/mol. The molecule has 5 heteroatoms. The average molecular weight is 279 g/mol. The van der Waals surface area contributed by atoms with Gasteiger partial charge < -0.3 is 8.98 Å². The van der Waals surface area contributed by atoms with Gasteiger partial charge >= 0.3 is 0 Å². The molecule has 2 aromatic heterocycles. The van der Waals surface area contributed by atoms with Crippen LogP contribution in [0.15, 0.2) is 41.0 Å². The Balaban J connectivity index is 2.23. The van der Waals surface area contributed by atoms with E-state index in [1.165, 1.54) is 12.1 Å². The maximum absolute atomic E-state index is 13.4. The number of rotatable bonds is 3. The molecule has 0 saturated carbocycles. The number of alkyl halides is 1. The summed E-state index contributed by atoms with van der Waals surface area (Å²) in [7, 11) is 0. The molecule has 1 atom stereocenters. The van der Waals surface area contributed by atoms with Crippen LogP contribution in [0.25, 0.3) is 11.0 Å². The van der Waals surface area contributed by atoms with Crippen LogP contribution in [-0.2, 0) is 5.88 Å². The van der Waals surface area contributed by atoms with Gasteiger partial charge in [0.2, 0.25) is 0 Å². The summed E-state index contributed by atoms with van der Waals surface area (Å²) in [5.74, 6) is 1.46. The fraction of sp³-hybridized carbons (Fsp3) is 0.214. The third kappa shape index (κ3) is 2.02. The normalized spacial score (nSPS) is 13.0. The molecular weight excluding hydrogens is 267 g/mol. The number of benzene rings is 1. The first-order chi connectivity index (χ1) is 9.20. The third-order valence-corrected chi connectivity index (χ3v) is 3.43. The van der Waals surface area contributed by atoms with Gasteiger partial charge in [0.05, 0.1) is 29.2 Å². The molecule has 19 heavy (non-hydrogen) atoms. The highest BCUT2D eigenvalue weighted by Gasteiger charge is 2.18. The summed E-state index contributed by atoms with van der Waals surface area (Å²) < 4.78 is 20.8. The standard InChI is InChI=1S/C14H12ClFN2O/c1-9(13-3-2-6-19-13)18-12-7-10(16)4-5-11(12)17-14(18)8-15/h2-7,9H,8H2,1H3. The van der Waals surface area contributed by atoms with E-state index in [4.69, 9.17) is 16.0 Å². The van der Waals surface area contributed by atoms with Crippen molar-refractivity contribution in [2.75, 3.05) is 0 Å². The van der Waals surface area contributed by atoms with Crippen LogP contribution in [0.5, 0.6) is 0 Å². The number of imidazole rings is 1. The van der Waals surface area contributed by atoms with Crippen molar-refractivity contribution >= 4 is 22.6 Å². The number of nitrogens with zero attached hydrogens (tertiary/aromatic N) is 2. The molecular formula is C14H12ClFN2O. The minimum atomic E-state index is -0.290. The van der Waals surface area contributed by atoms with Crippen molar-refractivity contribution in [1.29, 1.82) is 0 Å². The van der Waals surface area contributed by atoms with Crippen molar-refractivity contribution in [2.45, 2.75) is 18.8 Å². The van der Waals surface area contributed by atoms with Gasteiger partial charge in [0.15, 0.2) is 0 Å². The van der Waals surface area contributed by atoms with Gasteiger partial charge in [0.1, 0.15) is 17.4 Å². The van der Waals surface area contributed by atoms with Gasteiger partial charge in [-0.3, -0.25) is 0 Å². The zero-order valence-corrected chi connectivity index (χ0v) is 11.1. The molecule has 1 aromatic carbocycles. The van der Waals surface area contributed by atoms with Crippen LogP contribution in [0.1, 0.15) is 24.6 Å². The first kappa shape index (κ1) is 12.2. The fourth-order valence-corrected chi connectivity index (χ4v) is 2.49. The molecule has 0 spiro atoms. The summed E-state index contributed by atoms with van der Waals surface area (Å²) in [6.45, 7) is 1.97. The maximum Gasteiger partial charge on any atom is 0.126 e. The lowest BCUT2D eigenvalue weighted by Crippen LogP contribution is -2.09. The Morgan fingerprint density at radius 3 is 2.95 bits per heavy atom. The Hall–Kier alpha value is -1.81. The quantitative estimate of drug-likeness (QED) is 0.675. The molecule has 0 aliphatic carbocycles. The number of fused-ring (bicyclic) bond motifs is 1. The van der Waals surface area contributed by atoms with E-state index in [0.717, 1.165) is 16.8 Å². The highest BCUT2D eigenvalue weighted by Crippen LogP contribution is 2.27. The molecule has 3 nitrogen and oxygen atoms in total. The van der Waals surface area contributed by atoms with Gasteiger partial charge in [-0.05, 0) is 37.3 Å². The SMILES string of the molecule is CC(c1ccco1)n1c(CCl)nc2ccc(F)cc21. The molecule has 98 valence electrons. The van der Waals surface area contributed by atoms with Crippen LogP contribution >= 0.6 is 11.6 Å². The predicted octanol–water partition coefficient (Wildman–Crippen LogP) is 4.12. The van der Waals surface area contributed by atoms with Gasteiger partial charge in [-0.2, -0.15) is 0 Å². The Kier molecular flexibility index (Phi) is 3.03. The molecule has 3 aromatic rings. The van der Waals surface area contributed by atoms with Gasteiger partial charge in [-0.25, -0.2) is 9.37 Å². The van der Waals surface area contributed by atoms with Crippen molar-refractivity contribution < 1.29 is 8.81 Å². The molecule has 0 N–H and O–H groups in total. The Labute approximate surface area is 114 Å². The van der Waals surface area contributed by atoms with Crippen molar-refractivity contribution in [3.8, 4) is 0 Å². The smallest absolute Gasteiger partial charge is 0.126 e. The number of hydrogen-bond acceptors (Lipinski definition) is 2. The van der Waals surface area contributed by atoms with Gasteiger partial charge in [-0.1, -0.05) is 0 Å². The van der Waals surface area contributed by atoms with E-state index in [9.17, 15) is 4.39 Å². The van der Waals surface area contributed by atoms with Crippen molar-refractivity contribution in [1.82, 2.24) is 9.55 Å². The van der Waals surface area contributed by atoms with E-state index in [0.29, 0.717) is 5.82 Å². The second kappa shape index (κ2) is 4.70. The molecule has 0 saturated heterocycles. The molecule has 0 amide bonds. The molecule has 3 rings (SSSR count). The Morgan fingerprint density at radius 2 is 2.26 bits per heavy atom. The van der Waals surface area contributed by atoms with Crippen molar-refractivity contribution in [3.63, 3.8) is 0 Å². The molecule has 2 heterocycles. The van der Waals surface area contributed by atoms with Crippen LogP contribution in [0, 0.1) is 5.82 Å². The maximum atomic E-state index is 13.4.